The van der Waals surface area contributed by atoms with Gasteiger partial charge in [-0.05, 0) is 25.8 Å². The number of hydrogen-bond donors (Lipinski definition) is 2. The molecule has 0 radical (unpaired) electrons. The fraction of sp³-hybridized carbons (Fsp3) is 0.500. The molecule has 2 unspecified atom stereocenters. The minimum absolute atomic E-state index is 0.0388. The predicted octanol–water partition coefficient (Wildman–Crippen LogP) is 2.19. The zero-order chi connectivity index (χ0) is 13.7. The lowest BCUT2D eigenvalue weighted by Gasteiger charge is -2.20. The summed E-state index contributed by atoms with van der Waals surface area (Å²) in [6.07, 6.45) is 2.08. The van der Waals surface area contributed by atoms with E-state index >= 15 is 0 Å². The van der Waals surface area contributed by atoms with Crippen molar-refractivity contribution in [3.05, 3.63) is 35.6 Å². The van der Waals surface area contributed by atoms with E-state index in [1.807, 2.05) is 6.92 Å². The fourth-order valence-electron chi connectivity index (χ4n) is 2.16. The van der Waals surface area contributed by atoms with E-state index in [2.05, 4.69) is 10.6 Å². The van der Waals surface area contributed by atoms with E-state index in [0.717, 1.165) is 19.4 Å². The number of carbonyl (C=O) groups excluding carboxylic acids is 1. The van der Waals surface area contributed by atoms with E-state index in [0.29, 0.717) is 5.56 Å². The summed E-state index contributed by atoms with van der Waals surface area (Å²) in [6.45, 7) is 2.85. The van der Waals surface area contributed by atoms with Crippen LogP contribution in [0.1, 0.15) is 25.3 Å². The average Bonchev–Trinajstić information content (AvgIpc) is 2.91. The van der Waals surface area contributed by atoms with Gasteiger partial charge in [0.2, 0.25) is 0 Å². The van der Waals surface area contributed by atoms with E-state index in [9.17, 15) is 9.18 Å². The molecule has 1 heterocycles. The van der Waals surface area contributed by atoms with Crippen LogP contribution in [-0.2, 0) is 11.3 Å². The van der Waals surface area contributed by atoms with Crippen molar-refractivity contribution < 1.29 is 13.9 Å². The molecule has 1 aromatic rings. The van der Waals surface area contributed by atoms with E-state index in [4.69, 9.17) is 4.74 Å². The second-order valence-electron chi connectivity index (χ2n) is 4.76. The lowest BCUT2D eigenvalue weighted by molar-refractivity contribution is 0.0860. The highest BCUT2D eigenvalue weighted by Gasteiger charge is 2.23. The normalized spacial score (nSPS) is 20.0. The molecule has 4 nitrogen and oxygen atoms in total. The number of benzene rings is 1. The Morgan fingerprint density at radius 3 is 3.00 bits per heavy atom. The Bertz CT molecular complexity index is 433. The molecule has 1 aromatic carbocycles. The van der Waals surface area contributed by atoms with E-state index < -0.39 is 0 Å². The van der Waals surface area contributed by atoms with Gasteiger partial charge in [-0.2, -0.15) is 0 Å². The van der Waals surface area contributed by atoms with Crippen molar-refractivity contribution in [2.45, 2.75) is 38.5 Å². The van der Waals surface area contributed by atoms with Crippen LogP contribution in [0, 0.1) is 5.82 Å². The summed E-state index contributed by atoms with van der Waals surface area (Å²) in [5.74, 6) is -0.310. The molecule has 5 heteroatoms. The summed E-state index contributed by atoms with van der Waals surface area (Å²) >= 11 is 0. The zero-order valence-corrected chi connectivity index (χ0v) is 11.0. The third-order valence-electron chi connectivity index (χ3n) is 3.28. The molecule has 2 rings (SSSR count). The topological polar surface area (TPSA) is 50.4 Å². The van der Waals surface area contributed by atoms with Crippen molar-refractivity contribution in [2.24, 2.45) is 0 Å². The summed E-state index contributed by atoms with van der Waals surface area (Å²) < 4.78 is 18.9. The second kappa shape index (κ2) is 6.52. The maximum absolute atomic E-state index is 13.4. The van der Waals surface area contributed by atoms with Crippen molar-refractivity contribution in [2.75, 3.05) is 6.61 Å². The zero-order valence-electron chi connectivity index (χ0n) is 11.0. The lowest BCUT2D eigenvalue weighted by atomic mass is 10.1. The van der Waals surface area contributed by atoms with Crippen molar-refractivity contribution in [3.8, 4) is 0 Å². The smallest absolute Gasteiger partial charge is 0.315 e. The minimum atomic E-state index is -0.310. The molecule has 2 N–H and O–H groups in total. The van der Waals surface area contributed by atoms with Gasteiger partial charge in [0.1, 0.15) is 5.82 Å². The first-order valence-corrected chi connectivity index (χ1v) is 6.56. The summed E-state index contributed by atoms with van der Waals surface area (Å²) in [5, 5.41) is 5.46. The molecule has 1 aliphatic heterocycles. The number of urea groups is 1. The van der Waals surface area contributed by atoms with Gasteiger partial charge < -0.3 is 15.4 Å². The van der Waals surface area contributed by atoms with Crippen molar-refractivity contribution in [3.63, 3.8) is 0 Å². The molecule has 19 heavy (non-hydrogen) atoms. The van der Waals surface area contributed by atoms with Gasteiger partial charge in [0, 0.05) is 18.7 Å². The quantitative estimate of drug-likeness (QED) is 0.877. The van der Waals surface area contributed by atoms with Gasteiger partial charge in [-0.1, -0.05) is 18.2 Å². The van der Waals surface area contributed by atoms with Crippen molar-refractivity contribution >= 4 is 6.03 Å². The number of hydrogen-bond acceptors (Lipinski definition) is 2. The van der Waals surface area contributed by atoms with Crippen LogP contribution < -0.4 is 10.6 Å². The van der Waals surface area contributed by atoms with Crippen LogP contribution in [-0.4, -0.2) is 24.8 Å². The molecular weight excluding hydrogens is 247 g/mol. The van der Waals surface area contributed by atoms with Crippen molar-refractivity contribution in [1.29, 1.82) is 0 Å². The number of amides is 2. The van der Waals surface area contributed by atoms with E-state index in [-0.39, 0.29) is 30.5 Å². The Morgan fingerprint density at radius 2 is 2.32 bits per heavy atom. The highest BCUT2D eigenvalue weighted by molar-refractivity contribution is 5.74. The van der Waals surface area contributed by atoms with Gasteiger partial charge >= 0.3 is 6.03 Å². The molecule has 104 valence electrons. The maximum atomic E-state index is 13.4. The van der Waals surface area contributed by atoms with Crippen LogP contribution in [0.5, 0.6) is 0 Å². The highest BCUT2D eigenvalue weighted by Crippen LogP contribution is 2.15. The van der Waals surface area contributed by atoms with Gasteiger partial charge in [0.05, 0.1) is 12.1 Å². The van der Waals surface area contributed by atoms with E-state index in [1.165, 1.54) is 6.07 Å². The first-order valence-electron chi connectivity index (χ1n) is 6.56. The van der Waals surface area contributed by atoms with Crippen LogP contribution in [0.25, 0.3) is 0 Å². The highest BCUT2D eigenvalue weighted by atomic mass is 19.1. The molecule has 0 aliphatic carbocycles. The van der Waals surface area contributed by atoms with Crippen molar-refractivity contribution in [1.82, 2.24) is 10.6 Å². The molecule has 1 aliphatic rings. The third kappa shape index (κ3) is 3.92. The van der Waals surface area contributed by atoms with Crippen LogP contribution in [0.4, 0.5) is 9.18 Å². The maximum Gasteiger partial charge on any atom is 0.315 e. The van der Waals surface area contributed by atoms with Crippen LogP contribution in [0.2, 0.25) is 0 Å². The molecule has 1 fully saturated rings. The van der Waals surface area contributed by atoms with Gasteiger partial charge in [-0.3, -0.25) is 0 Å². The lowest BCUT2D eigenvalue weighted by Crippen LogP contribution is -2.45. The molecule has 0 aromatic heterocycles. The third-order valence-corrected chi connectivity index (χ3v) is 3.28. The summed E-state index contributed by atoms with van der Waals surface area (Å²) in [6, 6.07) is 6.06. The molecular formula is C14H19FN2O2. The number of nitrogens with one attached hydrogen (secondary N) is 2. The monoisotopic (exact) mass is 266 g/mol. The number of carbonyl (C=O) groups is 1. The summed E-state index contributed by atoms with van der Waals surface area (Å²) in [7, 11) is 0. The molecule has 0 spiro atoms. The minimum Gasteiger partial charge on any atom is -0.376 e. The predicted molar refractivity (Wildman–Crippen MR) is 70.2 cm³/mol. The summed E-state index contributed by atoms with van der Waals surface area (Å²) in [5.41, 5.74) is 0.474. The first kappa shape index (κ1) is 13.8. The molecule has 2 atom stereocenters. The molecule has 2 amide bonds. The summed E-state index contributed by atoms with van der Waals surface area (Å²) in [4.78, 5) is 11.7. The van der Waals surface area contributed by atoms with Gasteiger partial charge in [-0.25, -0.2) is 9.18 Å². The number of rotatable bonds is 4. The Morgan fingerprint density at radius 1 is 1.53 bits per heavy atom. The SMILES string of the molecule is CC(NC(=O)NCc1ccccc1F)C1CCCO1. The Kier molecular flexibility index (Phi) is 4.74. The van der Waals surface area contributed by atoms with Gasteiger partial charge in [0.15, 0.2) is 0 Å². The van der Waals surface area contributed by atoms with Crippen LogP contribution in [0.3, 0.4) is 0 Å². The Hall–Kier alpha value is -1.62. The standard InChI is InChI=1S/C14H19FN2O2/c1-10(13-7-4-8-19-13)17-14(18)16-9-11-5-2-3-6-12(11)15/h2-3,5-6,10,13H,4,7-9H2,1H3,(H2,16,17,18). The largest absolute Gasteiger partial charge is 0.376 e. The Balaban J connectivity index is 1.77. The second-order valence-corrected chi connectivity index (χ2v) is 4.76. The van der Waals surface area contributed by atoms with Crippen LogP contribution >= 0.6 is 0 Å². The average molecular weight is 266 g/mol. The molecule has 0 saturated carbocycles. The Labute approximate surface area is 112 Å². The number of ether oxygens (including phenoxy) is 1. The molecule has 1 saturated heterocycles. The van der Waals surface area contributed by atoms with Crippen LogP contribution in [0.15, 0.2) is 24.3 Å². The first-order chi connectivity index (χ1) is 9.16. The van der Waals surface area contributed by atoms with Gasteiger partial charge in [0.25, 0.3) is 0 Å². The van der Waals surface area contributed by atoms with Gasteiger partial charge in [-0.15, -0.1) is 0 Å². The number of halogens is 1. The van der Waals surface area contributed by atoms with E-state index in [1.54, 1.807) is 18.2 Å². The molecule has 0 bridgehead atoms. The fourth-order valence-corrected chi connectivity index (χ4v) is 2.16.